The number of carbonyl (C=O) groups excluding carboxylic acids is 2. The number of alkyl halides is 3. The van der Waals surface area contributed by atoms with Crippen molar-refractivity contribution < 1.29 is 22.8 Å². The monoisotopic (exact) mass is 529 g/mol. The Hall–Kier alpha value is -3.67. The largest absolute Gasteiger partial charge is 0.382 e. The fraction of sp³-hybridized carbons (Fsp3) is 0.462. The van der Waals surface area contributed by atoms with Crippen molar-refractivity contribution in [1.82, 2.24) is 29.7 Å². The molecule has 2 aliphatic heterocycles. The summed E-state index contributed by atoms with van der Waals surface area (Å²) in [5, 5.41) is 7.06. The minimum Gasteiger partial charge on any atom is -0.382 e. The van der Waals surface area contributed by atoms with Gasteiger partial charge in [0.1, 0.15) is 18.0 Å². The van der Waals surface area contributed by atoms with Crippen LogP contribution >= 0.6 is 0 Å². The van der Waals surface area contributed by atoms with Gasteiger partial charge in [-0.05, 0) is 23.6 Å². The van der Waals surface area contributed by atoms with E-state index in [1.54, 1.807) is 39.7 Å². The molecule has 2 aromatic heterocycles. The van der Waals surface area contributed by atoms with E-state index < -0.39 is 24.0 Å². The molecule has 0 bridgehead atoms. The highest BCUT2D eigenvalue weighted by Crippen LogP contribution is 2.34. The van der Waals surface area contributed by atoms with Crippen LogP contribution in [0.15, 0.2) is 36.7 Å². The summed E-state index contributed by atoms with van der Waals surface area (Å²) in [4.78, 5) is 32.9. The van der Waals surface area contributed by atoms with Crippen molar-refractivity contribution >= 4 is 23.1 Å². The number of rotatable bonds is 7. The molecule has 2 saturated heterocycles. The number of carbonyl (C=O) groups is 2. The van der Waals surface area contributed by atoms with Gasteiger partial charge in [-0.25, -0.2) is 22.7 Å². The molecular weight excluding hydrogens is 499 g/mol. The van der Waals surface area contributed by atoms with Crippen LogP contribution < -0.4 is 11.1 Å². The molecule has 0 saturated carbocycles. The SMILES string of the molecule is CC(C)CC(=O)N1C[C@H](F)[C@H](NC(=O)c2ccccc2-c2cc(CN3CC(F)(F)C3)c3c(N)ncnn23)C1. The van der Waals surface area contributed by atoms with Gasteiger partial charge in [-0.3, -0.25) is 14.5 Å². The van der Waals surface area contributed by atoms with Crippen molar-refractivity contribution in [3.05, 3.63) is 47.8 Å². The van der Waals surface area contributed by atoms with Gasteiger partial charge in [0.05, 0.1) is 31.4 Å². The topological polar surface area (TPSA) is 109 Å². The number of nitrogen functional groups attached to an aromatic ring is 1. The van der Waals surface area contributed by atoms with E-state index in [4.69, 9.17) is 5.73 Å². The van der Waals surface area contributed by atoms with Gasteiger partial charge >= 0.3 is 0 Å². The second-order valence-electron chi connectivity index (χ2n) is 10.5. The number of amides is 2. The van der Waals surface area contributed by atoms with Gasteiger partial charge in [-0.15, -0.1) is 0 Å². The maximum Gasteiger partial charge on any atom is 0.272 e. The van der Waals surface area contributed by atoms with Gasteiger partial charge in [-0.1, -0.05) is 32.0 Å². The third-order valence-corrected chi connectivity index (χ3v) is 6.91. The van der Waals surface area contributed by atoms with E-state index in [-0.39, 0.29) is 55.9 Å². The third kappa shape index (κ3) is 5.04. The number of halogens is 3. The lowest BCUT2D eigenvalue weighted by Crippen LogP contribution is -2.55. The molecule has 0 spiro atoms. The summed E-state index contributed by atoms with van der Waals surface area (Å²) in [6, 6.07) is 7.73. The van der Waals surface area contributed by atoms with Gasteiger partial charge in [0.2, 0.25) is 5.91 Å². The van der Waals surface area contributed by atoms with Crippen LogP contribution in [0.1, 0.15) is 36.2 Å². The maximum absolute atomic E-state index is 14.8. The number of nitrogens with one attached hydrogen (secondary N) is 1. The zero-order valence-electron chi connectivity index (χ0n) is 21.2. The van der Waals surface area contributed by atoms with Gasteiger partial charge in [0.15, 0.2) is 5.82 Å². The van der Waals surface area contributed by atoms with Crippen LogP contribution in [0, 0.1) is 5.92 Å². The third-order valence-electron chi connectivity index (χ3n) is 6.91. The summed E-state index contributed by atoms with van der Waals surface area (Å²) in [5.41, 5.74) is 8.59. The Balaban J connectivity index is 1.42. The Kier molecular flexibility index (Phi) is 6.76. The van der Waals surface area contributed by atoms with Crippen molar-refractivity contribution in [3.63, 3.8) is 0 Å². The summed E-state index contributed by atoms with van der Waals surface area (Å²) < 4.78 is 43.2. The predicted molar refractivity (Wildman–Crippen MR) is 135 cm³/mol. The number of aromatic nitrogens is 3. The average molecular weight is 530 g/mol. The first kappa shape index (κ1) is 26.0. The van der Waals surface area contributed by atoms with E-state index in [0.29, 0.717) is 28.8 Å². The van der Waals surface area contributed by atoms with Gasteiger partial charge < -0.3 is 16.0 Å². The Bertz CT molecular complexity index is 1370. The maximum atomic E-state index is 14.8. The molecule has 0 unspecified atom stereocenters. The number of likely N-dealkylation sites (tertiary alicyclic amines) is 2. The molecular formula is C26H30F3N7O2. The molecule has 0 radical (unpaired) electrons. The number of hydrogen-bond donors (Lipinski definition) is 2. The normalized spacial score (nSPS) is 21.2. The number of nitrogens with two attached hydrogens (primary N) is 1. The number of nitrogens with zero attached hydrogens (tertiary/aromatic N) is 5. The second-order valence-corrected chi connectivity index (χ2v) is 10.5. The van der Waals surface area contributed by atoms with Crippen LogP contribution in [0.25, 0.3) is 16.8 Å². The molecule has 4 heterocycles. The molecule has 12 heteroatoms. The average Bonchev–Trinajstić information content (AvgIpc) is 3.39. The van der Waals surface area contributed by atoms with Crippen molar-refractivity contribution in [2.24, 2.45) is 5.92 Å². The van der Waals surface area contributed by atoms with Gasteiger partial charge in [-0.2, -0.15) is 5.10 Å². The lowest BCUT2D eigenvalue weighted by Gasteiger charge is -2.38. The molecule has 1 aromatic carbocycles. The number of hydrogen-bond acceptors (Lipinski definition) is 6. The fourth-order valence-corrected chi connectivity index (χ4v) is 5.15. The van der Waals surface area contributed by atoms with Crippen LogP contribution in [-0.2, 0) is 11.3 Å². The van der Waals surface area contributed by atoms with Gasteiger partial charge in [0.25, 0.3) is 11.8 Å². The van der Waals surface area contributed by atoms with Crippen molar-refractivity contribution in [3.8, 4) is 11.3 Å². The van der Waals surface area contributed by atoms with E-state index in [2.05, 4.69) is 15.4 Å². The van der Waals surface area contributed by atoms with Crippen LogP contribution in [-0.4, -0.2) is 80.5 Å². The molecule has 9 nitrogen and oxygen atoms in total. The molecule has 202 valence electrons. The molecule has 2 fully saturated rings. The number of anilines is 1. The van der Waals surface area contributed by atoms with Crippen LogP contribution in [0.5, 0.6) is 0 Å². The van der Waals surface area contributed by atoms with Crippen LogP contribution in [0.3, 0.4) is 0 Å². The Morgan fingerprint density at radius 3 is 2.66 bits per heavy atom. The molecule has 38 heavy (non-hydrogen) atoms. The summed E-state index contributed by atoms with van der Waals surface area (Å²) in [6.07, 6.45) is 0.218. The minimum absolute atomic E-state index is 0.0589. The minimum atomic E-state index is -2.71. The highest BCUT2D eigenvalue weighted by molar-refractivity contribution is 6.01. The van der Waals surface area contributed by atoms with Crippen molar-refractivity contribution in [1.29, 1.82) is 0 Å². The van der Waals surface area contributed by atoms with Crippen LogP contribution in [0.2, 0.25) is 0 Å². The van der Waals surface area contributed by atoms with Crippen molar-refractivity contribution in [2.75, 3.05) is 31.9 Å². The number of fused-ring (bicyclic) bond motifs is 1. The van der Waals surface area contributed by atoms with E-state index in [9.17, 15) is 22.8 Å². The van der Waals surface area contributed by atoms with E-state index in [0.717, 1.165) is 0 Å². The Labute approximate surface area is 217 Å². The van der Waals surface area contributed by atoms with Crippen LogP contribution in [0.4, 0.5) is 19.0 Å². The highest BCUT2D eigenvalue weighted by Gasteiger charge is 2.44. The predicted octanol–water partition coefficient (Wildman–Crippen LogP) is 2.75. The van der Waals surface area contributed by atoms with E-state index >= 15 is 0 Å². The molecule has 3 N–H and O–H groups in total. The van der Waals surface area contributed by atoms with E-state index in [1.807, 2.05) is 13.8 Å². The quantitative estimate of drug-likeness (QED) is 0.487. The first-order valence-corrected chi connectivity index (χ1v) is 12.6. The summed E-state index contributed by atoms with van der Waals surface area (Å²) >= 11 is 0. The highest BCUT2D eigenvalue weighted by atomic mass is 19.3. The summed E-state index contributed by atoms with van der Waals surface area (Å²) in [6.45, 7) is 3.40. The molecule has 2 aliphatic rings. The lowest BCUT2D eigenvalue weighted by atomic mass is 10.0. The Morgan fingerprint density at radius 2 is 1.95 bits per heavy atom. The van der Waals surface area contributed by atoms with E-state index in [1.165, 1.54) is 11.2 Å². The Morgan fingerprint density at radius 1 is 1.21 bits per heavy atom. The second kappa shape index (κ2) is 9.90. The van der Waals surface area contributed by atoms with Gasteiger partial charge in [0, 0.05) is 30.6 Å². The molecule has 5 rings (SSSR count). The smallest absolute Gasteiger partial charge is 0.272 e. The first-order chi connectivity index (χ1) is 18.0. The lowest BCUT2D eigenvalue weighted by molar-refractivity contribution is -0.133. The molecule has 3 aromatic rings. The summed E-state index contributed by atoms with van der Waals surface area (Å²) in [5.74, 6) is -3.00. The zero-order chi connectivity index (χ0) is 27.2. The fourth-order valence-electron chi connectivity index (χ4n) is 5.15. The molecule has 2 amide bonds. The van der Waals surface area contributed by atoms with Crippen molar-refractivity contribution in [2.45, 2.75) is 44.9 Å². The molecule has 2 atom stereocenters. The zero-order valence-corrected chi connectivity index (χ0v) is 21.2. The summed E-state index contributed by atoms with van der Waals surface area (Å²) in [7, 11) is 0. The number of benzene rings is 1. The molecule has 0 aliphatic carbocycles. The standard InChI is InChI=1S/C26H30F3N7O2/c1-15(2)7-22(37)35-10-19(27)20(11-35)33-25(38)18-6-4-3-5-17(18)21-8-16(9-34-12-26(28,29)13-34)23-24(30)31-14-32-36(21)23/h3-6,8,14-15,19-20H,7,9-13H2,1-2H3,(H,33,38)(H2,30,31,32)/t19-,20+/m0/s1. The first-order valence-electron chi connectivity index (χ1n) is 12.6.